The number of carbonyl (C=O) groups excluding carboxylic acids is 2. The van der Waals surface area contributed by atoms with E-state index in [-0.39, 0.29) is 5.69 Å². The Hall–Kier alpha value is -3.54. The molecule has 0 aliphatic heterocycles. The van der Waals surface area contributed by atoms with Crippen LogP contribution in [0.15, 0.2) is 67.0 Å². The van der Waals surface area contributed by atoms with E-state index in [0.29, 0.717) is 16.9 Å². The first-order valence-electron chi connectivity index (χ1n) is 8.45. The predicted molar refractivity (Wildman–Crippen MR) is 101 cm³/mol. The average Bonchev–Trinajstić information content (AvgIpc) is 2.69. The number of nitrogens with one attached hydrogen (secondary N) is 1. The van der Waals surface area contributed by atoms with Crippen molar-refractivity contribution in [1.82, 2.24) is 9.97 Å². The van der Waals surface area contributed by atoms with Crippen molar-refractivity contribution in [2.75, 3.05) is 5.32 Å². The standard InChI is InChI=1S/C21H19N3O3/c1-14-8-10-17(11-9-14)24-20(25)19(16-6-4-3-5-7-16)27-21(26)18-13-22-15(2)12-23-18/h3-13,19H,1-2H3,(H,24,25)/t19-/m1/s1. The predicted octanol–water partition coefficient (Wildman–Crippen LogP) is 3.63. The molecule has 3 rings (SSSR count). The van der Waals surface area contributed by atoms with Crippen LogP contribution >= 0.6 is 0 Å². The molecule has 0 bridgehead atoms. The largest absolute Gasteiger partial charge is 0.443 e. The van der Waals surface area contributed by atoms with Crippen LogP contribution in [0, 0.1) is 13.8 Å². The summed E-state index contributed by atoms with van der Waals surface area (Å²) in [6.45, 7) is 3.73. The van der Waals surface area contributed by atoms with E-state index in [4.69, 9.17) is 4.74 Å². The second kappa shape index (κ2) is 8.23. The number of nitrogens with zero attached hydrogens (tertiary/aromatic N) is 2. The van der Waals surface area contributed by atoms with Gasteiger partial charge < -0.3 is 10.1 Å². The van der Waals surface area contributed by atoms with Crippen LogP contribution in [0.5, 0.6) is 0 Å². The highest BCUT2D eigenvalue weighted by molar-refractivity contribution is 5.97. The molecule has 1 N–H and O–H groups in total. The van der Waals surface area contributed by atoms with E-state index < -0.39 is 18.0 Å². The first kappa shape index (κ1) is 18.3. The number of amides is 1. The highest BCUT2D eigenvalue weighted by Crippen LogP contribution is 2.21. The summed E-state index contributed by atoms with van der Waals surface area (Å²) in [5.74, 6) is -1.16. The van der Waals surface area contributed by atoms with Crippen LogP contribution in [0.1, 0.15) is 33.4 Å². The Morgan fingerprint density at radius 1 is 0.926 bits per heavy atom. The van der Waals surface area contributed by atoms with Gasteiger partial charge in [-0.15, -0.1) is 0 Å². The number of hydrogen-bond acceptors (Lipinski definition) is 5. The fraction of sp³-hybridized carbons (Fsp3) is 0.143. The Morgan fingerprint density at radius 2 is 1.63 bits per heavy atom. The van der Waals surface area contributed by atoms with Crippen molar-refractivity contribution in [3.63, 3.8) is 0 Å². The quantitative estimate of drug-likeness (QED) is 0.702. The first-order valence-corrected chi connectivity index (χ1v) is 8.45. The number of aromatic nitrogens is 2. The van der Waals surface area contributed by atoms with E-state index in [1.807, 2.05) is 25.1 Å². The van der Waals surface area contributed by atoms with Gasteiger partial charge in [0.2, 0.25) is 6.10 Å². The third-order valence-corrected chi connectivity index (χ3v) is 3.87. The molecule has 6 heteroatoms. The van der Waals surface area contributed by atoms with Crippen molar-refractivity contribution >= 4 is 17.6 Å². The lowest BCUT2D eigenvalue weighted by Gasteiger charge is -2.18. The zero-order chi connectivity index (χ0) is 19.2. The smallest absolute Gasteiger partial charge is 0.359 e. The number of carbonyl (C=O) groups is 2. The maximum absolute atomic E-state index is 12.8. The molecule has 0 unspecified atom stereocenters. The Bertz CT molecular complexity index is 923. The average molecular weight is 361 g/mol. The van der Waals surface area contributed by atoms with E-state index in [2.05, 4.69) is 15.3 Å². The molecule has 0 aliphatic carbocycles. The zero-order valence-electron chi connectivity index (χ0n) is 15.0. The van der Waals surface area contributed by atoms with E-state index in [1.165, 1.54) is 12.4 Å². The molecule has 136 valence electrons. The van der Waals surface area contributed by atoms with Crippen molar-refractivity contribution < 1.29 is 14.3 Å². The van der Waals surface area contributed by atoms with Crippen molar-refractivity contribution in [1.29, 1.82) is 0 Å². The van der Waals surface area contributed by atoms with Crippen LogP contribution in [0.3, 0.4) is 0 Å². The van der Waals surface area contributed by atoms with Gasteiger partial charge in [0.25, 0.3) is 5.91 Å². The third-order valence-electron chi connectivity index (χ3n) is 3.87. The molecule has 1 atom stereocenters. The summed E-state index contributed by atoms with van der Waals surface area (Å²) < 4.78 is 5.47. The van der Waals surface area contributed by atoms with Crippen LogP contribution in [0.25, 0.3) is 0 Å². The van der Waals surface area contributed by atoms with Gasteiger partial charge in [0, 0.05) is 17.4 Å². The molecule has 2 aromatic carbocycles. The molecule has 0 radical (unpaired) electrons. The minimum Gasteiger partial charge on any atom is -0.443 e. The summed E-state index contributed by atoms with van der Waals surface area (Å²) in [5, 5.41) is 2.78. The monoisotopic (exact) mass is 361 g/mol. The van der Waals surface area contributed by atoms with Crippen molar-refractivity contribution in [2.24, 2.45) is 0 Å². The lowest BCUT2D eigenvalue weighted by Crippen LogP contribution is -2.26. The van der Waals surface area contributed by atoms with Crippen LogP contribution in [-0.4, -0.2) is 21.8 Å². The lowest BCUT2D eigenvalue weighted by atomic mass is 10.1. The summed E-state index contributed by atoms with van der Waals surface area (Å²) in [6.07, 6.45) is 1.70. The Morgan fingerprint density at radius 3 is 2.26 bits per heavy atom. The SMILES string of the molecule is Cc1ccc(NC(=O)[C@H](OC(=O)c2cnc(C)cn2)c2ccccc2)cc1. The van der Waals surface area contributed by atoms with Gasteiger partial charge in [-0.25, -0.2) is 9.78 Å². The van der Waals surface area contributed by atoms with E-state index >= 15 is 0 Å². The van der Waals surface area contributed by atoms with E-state index in [0.717, 1.165) is 5.56 Å². The molecule has 27 heavy (non-hydrogen) atoms. The van der Waals surface area contributed by atoms with Gasteiger partial charge in [0.05, 0.1) is 11.9 Å². The third kappa shape index (κ3) is 4.76. The van der Waals surface area contributed by atoms with E-state index in [1.54, 1.807) is 43.3 Å². The second-order valence-electron chi connectivity index (χ2n) is 6.09. The zero-order valence-corrected chi connectivity index (χ0v) is 15.0. The Labute approximate surface area is 157 Å². The van der Waals surface area contributed by atoms with Gasteiger partial charge in [0.15, 0.2) is 5.69 Å². The number of aryl methyl sites for hydroxylation is 2. The molecular formula is C21H19N3O3. The molecule has 1 heterocycles. The van der Waals surface area contributed by atoms with Crippen molar-refractivity contribution in [2.45, 2.75) is 20.0 Å². The summed E-state index contributed by atoms with van der Waals surface area (Å²) in [7, 11) is 0. The summed E-state index contributed by atoms with van der Waals surface area (Å²) >= 11 is 0. The lowest BCUT2D eigenvalue weighted by molar-refractivity contribution is -0.125. The van der Waals surface area contributed by atoms with Crippen molar-refractivity contribution in [3.8, 4) is 0 Å². The summed E-state index contributed by atoms with van der Waals surface area (Å²) in [4.78, 5) is 33.3. The van der Waals surface area contributed by atoms with Gasteiger partial charge in [-0.1, -0.05) is 48.0 Å². The summed E-state index contributed by atoms with van der Waals surface area (Å²) in [5.41, 5.74) is 3.00. The number of hydrogen-bond donors (Lipinski definition) is 1. The highest BCUT2D eigenvalue weighted by Gasteiger charge is 2.26. The fourth-order valence-corrected chi connectivity index (χ4v) is 2.41. The maximum atomic E-state index is 12.8. The number of anilines is 1. The van der Waals surface area contributed by atoms with Crippen molar-refractivity contribution in [3.05, 3.63) is 89.5 Å². The van der Waals surface area contributed by atoms with Gasteiger partial charge in [-0.05, 0) is 26.0 Å². The minimum atomic E-state index is -1.11. The molecule has 1 amide bonds. The van der Waals surface area contributed by atoms with Gasteiger partial charge in [0.1, 0.15) is 0 Å². The highest BCUT2D eigenvalue weighted by atomic mass is 16.5. The van der Waals surface area contributed by atoms with Crippen LogP contribution in [-0.2, 0) is 9.53 Å². The first-order chi connectivity index (χ1) is 13.0. The Kier molecular flexibility index (Phi) is 5.56. The molecule has 0 fully saturated rings. The number of benzene rings is 2. The van der Waals surface area contributed by atoms with Gasteiger partial charge in [-0.3, -0.25) is 9.78 Å². The maximum Gasteiger partial charge on any atom is 0.359 e. The number of ether oxygens (including phenoxy) is 1. The summed E-state index contributed by atoms with van der Waals surface area (Å²) in [6, 6.07) is 16.2. The molecule has 3 aromatic rings. The van der Waals surface area contributed by atoms with Gasteiger partial charge >= 0.3 is 5.97 Å². The van der Waals surface area contributed by atoms with Crippen LogP contribution in [0.4, 0.5) is 5.69 Å². The van der Waals surface area contributed by atoms with Crippen LogP contribution < -0.4 is 5.32 Å². The topological polar surface area (TPSA) is 81.2 Å². The molecule has 0 saturated heterocycles. The number of esters is 1. The normalized spacial score (nSPS) is 11.5. The minimum absolute atomic E-state index is 0.0460. The molecule has 6 nitrogen and oxygen atoms in total. The molecule has 0 aliphatic rings. The fourth-order valence-electron chi connectivity index (χ4n) is 2.41. The Balaban J connectivity index is 1.82. The second-order valence-corrected chi connectivity index (χ2v) is 6.09. The van der Waals surface area contributed by atoms with Crippen LogP contribution in [0.2, 0.25) is 0 Å². The molecular weight excluding hydrogens is 342 g/mol. The molecule has 0 saturated carbocycles. The van der Waals surface area contributed by atoms with Gasteiger partial charge in [-0.2, -0.15) is 0 Å². The molecule has 1 aromatic heterocycles. The number of rotatable bonds is 5. The van der Waals surface area contributed by atoms with E-state index in [9.17, 15) is 9.59 Å². The molecule has 0 spiro atoms.